The fourth-order valence-electron chi connectivity index (χ4n) is 3.84. The smallest absolute Gasteiger partial charge is 0.251 e. The molecule has 170 valence electrons. The van der Waals surface area contributed by atoms with E-state index in [4.69, 9.17) is 4.74 Å². The molecule has 0 spiro atoms. The minimum Gasteiger partial charge on any atom is -0.379 e. The molecule has 0 aromatic heterocycles. The molecule has 2 heterocycles. The van der Waals surface area contributed by atoms with Crippen molar-refractivity contribution < 1.29 is 27.1 Å². The summed E-state index contributed by atoms with van der Waals surface area (Å²) in [6, 6.07) is 11.5. The summed E-state index contributed by atoms with van der Waals surface area (Å²) in [5.74, 6) is -0.855. The number of carbonyl (C=O) groups is 2. The summed E-state index contributed by atoms with van der Waals surface area (Å²) in [4.78, 5) is 26.5. The Hall–Kier alpha value is -2.82. The zero-order chi connectivity index (χ0) is 22.7. The standard InChI is InChI=1S/C22H24FN3O5S/c23-18-3-5-19(6-4-18)26-15-16(13-21(26)27)14-24-22(28)17-1-7-20(8-2-17)32(29,30)25-9-11-31-12-10-25/h1-8,16H,9-15H2,(H,24,28). The number of carbonyl (C=O) groups excluding carboxylic acids is 2. The summed E-state index contributed by atoms with van der Waals surface area (Å²) in [5.41, 5.74) is 0.966. The molecule has 2 aliphatic rings. The van der Waals surface area contributed by atoms with Crippen LogP contribution in [0.15, 0.2) is 53.4 Å². The molecule has 8 nitrogen and oxygen atoms in total. The number of nitrogens with zero attached hydrogens (tertiary/aromatic N) is 2. The number of sulfonamides is 1. The normalized spacial score (nSPS) is 19.8. The van der Waals surface area contributed by atoms with E-state index < -0.39 is 10.0 Å². The highest BCUT2D eigenvalue weighted by atomic mass is 32.2. The number of rotatable bonds is 6. The molecule has 1 atom stereocenters. The van der Waals surface area contributed by atoms with Gasteiger partial charge in [-0.25, -0.2) is 12.8 Å². The second-order valence-corrected chi connectivity index (χ2v) is 9.74. The fourth-order valence-corrected chi connectivity index (χ4v) is 5.25. The van der Waals surface area contributed by atoms with Crippen molar-refractivity contribution in [3.8, 4) is 0 Å². The third-order valence-electron chi connectivity index (χ3n) is 5.62. The molecule has 4 rings (SSSR count). The van der Waals surface area contributed by atoms with Crippen molar-refractivity contribution in [3.05, 3.63) is 59.9 Å². The third-order valence-corrected chi connectivity index (χ3v) is 7.53. The first-order valence-corrected chi connectivity index (χ1v) is 11.8. The van der Waals surface area contributed by atoms with Crippen LogP contribution in [0.25, 0.3) is 0 Å². The highest BCUT2D eigenvalue weighted by molar-refractivity contribution is 7.89. The van der Waals surface area contributed by atoms with Gasteiger partial charge in [-0.05, 0) is 48.5 Å². The first kappa shape index (κ1) is 22.4. The summed E-state index contributed by atoms with van der Waals surface area (Å²) in [7, 11) is -3.62. The van der Waals surface area contributed by atoms with Crippen LogP contribution in [0.4, 0.5) is 10.1 Å². The lowest BCUT2D eigenvalue weighted by Crippen LogP contribution is -2.40. The Bertz CT molecular complexity index is 1080. The zero-order valence-electron chi connectivity index (χ0n) is 17.4. The van der Waals surface area contributed by atoms with E-state index in [-0.39, 0.29) is 34.9 Å². The van der Waals surface area contributed by atoms with Gasteiger partial charge >= 0.3 is 0 Å². The maximum atomic E-state index is 13.1. The van der Waals surface area contributed by atoms with Crippen LogP contribution < -0.4 is 10.2 Å². The highest BCUT2D eigenvalue weighted by Gasteiger charge is 2.31. The van der Waals surface area contributed by atoms with Crippen molar-refractivity contribution in [2.45, 2.75) is 11.3 Å². The number of morpholine rings is 1. The van der Waals surface area contributed by atoms with Gasteiger partial charge in [0, 0.05) is 49.8 Å². The van der Waals surface area contributed by atoms with Gasteiger partial charge in [-0.3, -0.25) is 9.59 Å². The number of anilines is 1. The molecule has 2 fully saturated rings. The second kappa shape index (κ2) is 9.35. The molecule has 10 heteroatoms. The number of hydrogen-bond donors (Lipinski definition) is 1. The molecule has 2 aromatic rings. The van der Waals surface area contributed by atoms with Crippen LogP contribution in [0.1, 0.15) is 16.8 Å². The van der Waals surface area contributed by atoms with Crippen LogP contribution in [0.2, 0.25) is 0 Å². The van der Waals surface area contributed by atoms with Gasteiger partial charge in [-0.2, -0.15) is 4.31 Å². The van der Waals surface area contributed by atoms with E-state index in [1.165, 1.54) is 40.7 Å². The molecule has 1 N–H and O–H groups in total. The number of benzene rings is 2. The van der Waals surface area contributed by atoms with Crippen molar-refractivity contribution >= 4 is 27.5 Å². The summed E-state index contributed by atoms with van der Waals surface area (Å²) >= 11 is 0. The minimum absolute atomic E-state index is 0.0718. The summed E-state index contributed by atoms with van der Waals surface area (Å²) in [6.07, 6.45) is 0.286. The summed E-state index contributed by atoms with van der Waals surface area (Å²) in [5, 5.41) is 2.81. The van der Waals surface area contributed by atoms with Gasteiger partial charge in [0.25, 0.3) is 5.91 Å². The largest absolute Gasteiger partial charge is 0.379 e. The number of hydrogen-bond acceptors (Lipinski definition) is 5. The number of halogens is 1. The van der Waals surface area contributed by atoms with Crippen LogP contribution >= 0.6 is 0 Å². The van der Waals surface area contributed by atoms with Crippen molar-refractivity contribution in [2.75, 3.05) is 44.3 Å². The molecule has 2 aliphatic heterocycles. The molecule has 0 saturated carbocycles. The Labute approximate surface area is 186 Å². The predicted octanol–water partition coefficient (Wildman–Crippen LogP) is 1.63. The molecular formula is C22H24FN3O5S. The Morgan fingerprint density at radius 3 is 2.38 bits per heavy atom. The van der Waals surface area contributed by atoms with Gasteiger partial charge in [0.05, 0.1) is 18.1 Å². The lowest BCUT2D eigenvalue weighted by Gasteiger charge is -2.26. The lowest BCUT2D eigenvalue weighted by molar-refractivity contribution is -0.117. The topological polar surface area (TPSA) is 96.0 Å². The first-order valence-electron chi connectivity index (χ1n) is 10.4. The average Bonchev–Trinajstić information content (AvgIpc) is 3.19. The molecule has 2 aromatic carbocycles. The van der Waals surface area contributed by atoms with Crippen LogP contribution in [0.3, 0.4) is 0 Å². The van der Waals surface area contributed by atoms with Crippen LogP contribution in [-0.4, -0.2) is 63.9 Å². The van der Waals surface area contributed by atoms with E-state index in [0.717, 1.165) is 0 Å². The molecule has 2 saturated heterocycles. The van der Waals surface area contributed by atoms with E-state index in [1.807, 2.05) is 0 Å². The van der Waals surface area contributed by atoms with Gasteiger partial charge in [0.1, 0.15) is 5.82 Å². The van der Waals surface area contributed by atoms with Gasteiger partial charge < -0.3 is 15.0 Å². The number of ether oxygens (including phenoxy) is 1. The molecule has 0 radical (unpaired) electrons. The van der Waals surface area contributed by atoms with Crippen LogP contribution in [-0.2, 0) is 19.6 Å². The first-order chi connectivity index (χ1) is 15.3. The van der Waals surface area contributed by atoms with E-state index in [2.05, 4.69) is 5.32 Å². The Morgan fingerprint density at radius 2 is 1.72 bits per heavy atom. The highest BCUT2D eigenvalue weighted by Crippen LogP contribution is 2.25. The molecule has 2 amide bonds. The lowest BCUT2D eigenvalue weighted by atomic mass is 10.1. The maximum Gasteiger partial charge on any atom is 0.251 e. The molecular weight excluding hydrogens is 437 g/mol. The van der Waals surface area contributed by atoms with Gasteiger partial charge in [0.2, 0.25) is 15.9 Å². The summed E-state index contributed by atoms with van der Waals surface area (Å²) in [6.45, 7) is 2.07. The quantitative estimate of drug-likeness (QED) is 0.706. The maximum absolute atomic E-state index is 13.1. The second-order valence-electron chi connectivity index (χ2n) is 7.80. The van der Waals surface area contributed by atoms with Gasteiger partial charge in [0.15, 0.2) is 0 Å². The minimum atomic E-state index is -3.62. The van der Waals surface area contributed by atoms with Crippen molar-refractivity contribution in [2.24, 2.45) is 5.92 Å². The Morgan fingerprint density at radius 1 is 1.06 bits per heavy atom. The Balaban J connectivity index is 1.33. The molecule has 0 bridgehead atoms. The average molecular weight is 462 g/mol. The van der Waals surface area contributed by atoms with Crippen LogP contribution in [0, 0.1) is 11.7 Å². The van der Waals surface area contributed by atoms with Crippen molar-refractivity contribution in [1.29, 1.82) is 0 Å². The zero-order valence-corrected chi connectivity index (χ0v) is 18.2. The van der Waals surface area contributed by atoms with E-state index in [9.17, 15) is 22.4 Å². The summed E-state index contributed by atoms with van der Waals surface area (Å²) < 4.78 is 45.0. The van der Waals surface area contributed by atoms with Crippen LogP contribution in [0.5, 0.6) is 0 Å². The van der Waals surface area contributed by atoms with Gasteiger partial charge in [-0.1, -0.05) is 0 Å². The van der Waals surface area contributed by atoms with Crippen molar-refractivity contribution in [3.63, 3.8) is 0 Å². The van der Waals surface area contributed by atoms with E-state index in [1.54, 1.807) is 17.0 Å². The monoisotopic (exact) mass is 461 g/mol. The van der Waals surface area contributed by atoms with Crippen molar-refractivity contribution in [1.82, 2.24) is 9.62 Å². The molecule has 0 aliphatic carbocycles. The molecule has 1 unspecified atom stereocenters. The van der Waals surface area contributed by atoms with Gasteiger partial charge in [-0.15, -0.1) is 0 Å². The number of amides is 2. The van der Waals surface area contributed by atoms with E-state index in [0.29, 0.717) is 50.6 Å². The fraction of sp³-hybridized carbons (Fsp3) is 0.364. The molecule has 32 heavy (non-hydrogen) atoms. The third kappa shape index (κ3) is 4.82. The number of nitrogens with one attached hydrogen (secondary N) is 1. The SMILES string of the molecule is O=C(NCC1CC(=O)N(c2ccc(F)cc2)C1)c1ccc(S(=O)(=O)N2CCOCC2)cc1. The predicted molar refractivity (Wildman–Crippen MR) is 115 cm³/mol. The Kier molecular flexibility index (Phi) is 6.54. The van der Waals surface area contributed by atoms with E-state index >= 15 is 0 Å².